The number of aromatic nitrogens is 3. The van der Waals surface area contributed by atoms with Gasteiger partial charge in [-0.15, -0.1) is 0 Å². The molecule has 2 saturated heterocycles. The Labute approximate surface area is 222 Å². The number of carbonyl (C=O) groups is 1. The third kappa shape index (κ3) is 4.66. The Morgan fingerprint density at radius 1 is 1.00 bits per heavy atom. The fraction of sp³-hybridized carbons (Fsp3) is 0.552. The van der Waals surface area contributed by atoms with Gasteiger partial charge in [0.15, 0.2) is 11.3 Å². The predicted octanol–water partition coefficient (Wildman–Crippen LogP) is 4.69. The van der Waals surface area contributed by atoms with Gasteiger partial charge in [0.2, 0.25) is 0 Å². The van der Waals surface area contributed by atoms with E-state index in [1.54, 1.807) is 16.8 Å². The first-order chi connectivity index (χ1) is 18.6. The van der Waals surface area contributed by atoms with Crippen LogP contribution in [-0.4, -0.2) is 78.2 Å². The van der Waals surface area contributed by atoms with Crippen LogP contribution in [0.1, 0.15) is 67.0 Å². The smallest absolute Gasteiger partial charge is 0.356 e. The summed E-state index contributed by atoms with van der Waals surface area (Å²) in [7, 11) is 3.19. The van der Waals surface area contributed by atoms with E-state index in [1.165, 1.54) is 32.1 Å². The number of rotatable bonds is 6. The maximum atomic E-state index is 13.7. The van der Waals surface area contributed by atoms with Crippen LogP contribution in [0.25, 0.3) is 16.7 Å². The third-order valence-electron chi connectivity index (χ3n) is 8.67. The zero-order chi connectivity index (χ0) is 26.2. The van der Waals surface area contributed by atoms with Crippen molar-refractivity contribution in [3.05, 3.63) is 47.5 Å². The van der Waals surface area contributed by atoms with Crippen LogP contribution in [0.2, 0.25) is 0 Å². The molecule has 38 heavy (non-hydrogen) atoms. The summed E-state index contributed by atoms with van der Waals surface area (Å²) in [6.07, 6.45) is 8.11. The van der Waals surface area contributed by atoms with E-state index in [4.69, 9.17) is 19.6 Å². The van der Waals surface area contributed by atoms with E-state index in [1.807, 2.05) is 13.2 Å². The van der Waals surface area contributed by atoms with Gasteiger partial charge in [0, 0.05) is 38.7 Å². The number of carbonyl (C=O) groups excluding carboxylic acids is 1. The SMILES string of the molecule is COC(=O)c1cc(N2CCC(N3CCCC(OC)C3)CC2)c2c(C3CCC3)nn(-c3ccc(F)cc3)c2n1. The standard InChI is InChI=1S/C29H36FN5O3/c1-37-23-7-4-14-34(18-23)21-12-15-33(16-13-21)25-17-24(29(36)38-2)31-28-26(25)27(19-5-3-6-19)32-35(28)22-10-8-20(30)9-11-22/h8-11,17,19,21,23H,3-7,12-16,18H2,1-2H3. The molecule has 1 atom stereocenters. The van der Waals surface area contributed by atoms with Crippen molar-refractivity contribution < 1.29 is 18.7 Å². The van der Waals surface area contributed by atoms with E-state index in [0.717, 1.165) is 80.7 Å². The summed E-state index contributed by atoms with van der Waals surface area (Å²) in [6, 6.07) is 8.68. The lowest BCUT2D eigenvalue weighted by atomic mass is 9.82. The summed E-state index contributed by atoms with van der Waals surface area (Å²) in [4.78, 5) is 22.5. The first kappa shape index (κ1) is 25.2. The molecule has 3 aromatic rings. The number of nitrogens with zero attached hydrogens (tertiary/aromatic N) is 5. The molecule has 1 aromatic carbocycles. The van der Waals surface area contributed by atoms with Gasteiger partial charge in [-0.25, -0.2) is 18.9 Å². The van der Waals surface area contributed by atoms with Crippen LogP contribution >= 0.6 is 0 Å². The van der Waals surface area contributed by atoms with Crippen molar-refractivity contribution in [3.63, 3.8) is 0 Å². The molecule has 2 aromatic heterocycles. The maximum absolute atomic E-state index is 13.7. The molecule has 0 spiro atoms. The minimum absolute atomic E-state index is 0.263. The number of benzene rings is 1. The average molecular weight is 522 g/mol. The molecule has 6 rings (SSSR count). The predicted molar refractivity (Wildman–Crippen MR) is 144 cm³/mol. The van der Waals surface area contributed by atoms with E-state index in [0.29, 0.717) is 23.7 Å². The first-order valence-corrected chi connectivity index (χ1v) is 13.9. The van der Waals surface area contributed by atoms with Crippen molar-refractivity contribution in [2.45, 2.75) is 63.0 Å². The summed E-state index contributed by atoms with van der Waals surface area (Å²) >= 11 is 0. The van der Waals surface area contributed by atoms with Gasteiger partial charge < -0.3 is 14.4 Å². The lowest BCUT2D eigenvalue weighted by Gasteiger charge is -2.42. The number of hydrogen-bond acceptors (Lipinski definition) is 7. The number of halogens is 1. The van der Waals surface area contributed by atoms with Gasteiger partial charge in [-0.2, -0.15) is 5.10 Å². The molecular weight excluding hydrogens is 485 g/mol. The van der Waals surface area contributed by atoms with Crippen LogP contribution in [0.3, 0.4) is 0 Å². The van der Waals surface area contributed by atoms with Gasteiger partial charge in [-0.1, -0.05) is 6.42 Å². The summed E-state index contributed by atoms with van der Waals surface area (Å²) < 4.78 is 26.2. The number of anilines is 1. The Morgan fingerprint density at radius 3 is 2.42 bits per heavy atom. The molecule has 0 amide bonds. The normalized spacial score (nSPS) is 21.6. The monoisotopic (exact) mass is 521 g/mol. The van der Waals surface area contributed by atoms with Crippen LogP contribution in [0.15, 0.2) is 30.3 Å². The highest BCUT2D eigenvalue weighted by Crippen LogP contribution is 2.43. The second-order valence-electron chi connectivity index (χ2n) is 10.8. The molecule has 3 fully saturated rings. The number of hydrogen-bond donors (Lipinski definition) is 0. The van der Waals surface area contributed by atoms with E-state index in [2.05, 4.69) is 9.80 Å². The van der Waals surface area contributed by atoms with Crippen LogP contribution in [0, 0.1) is 5.82 Å². The number of likely N-dealkylation sites (tertiary alicyclic amines) is 1. The van der Waals surface area contributed by atoms with Gasteiger partial charge in [-0.3, -0.25) is 4.90 Å². The highest BCUT2D eigenvalue weighted by molar-refractivity contribution is 5.99. The number of ether oxygens (including phenoxy) is 2. The quantitative estimate of drug-likeness (QED) is 0.436. The Morgan fingerprint density at radius 2 is 1.76 bits per heavy atom. The minimum Gasteiger partial charge on any atom is -0.464 e. The minimum atomic E-state index is -0.473. The molecule has 0 radical (unpaired) electrons. The van der Waals surface area contributed by atoms with Gasteiger partial charge >= 0.3 is 5.97 Å². The van der Waals surface area contributed by atoms with Crippen molar-refractivity contribution in [1.82, 2.24) is 19.7 Å². The van der Waals surface area contributed by atoms with E-state index < -0.39 is 5.97 Å². The zero-order valence-corrected chi connectivity index (χ0v) is 22.2. The van der Waals surface area contributed by atoms with Gasteiger partial charge in [0.05, 0.1) is 35.7 Å². The highest BCUT2D eigenvalue weighted by atomic mass is 19.1. The molecule has 1 aliphatic carbocycles. The summed E-state index contributed by atoms with van der Waals surface area (Å²) in [5, 5.41) is 6.03. The Kier molecular flexibility index (Phi) is 7.05. The summed E-state index contributed by atoms with van der Waals surface area (Å²) in [5.41, 5.74) is 3.63. The fourth-order valence-electron chi connectivity index (χ4n) is 6.27. The average Bonchev–Trinajstić information content (AvgIpc) is 3.30. The van der Waals surface area contributed by atoms with Crippen molar-refractivity contribution in [2.75, 3.05) is 45.3 Å². The van der Waals surface area contributed by atoms with Crippen LogP contribution < -0.4 is 4.90 Å². The lowest BCUT2D eigenvalue weighted by Crippen LogP contribution is -2.50. The zero-order valence-electron chi connectivity index (χ0n) is 22.2. The van der Waals surface area contributed by atoms with Crippen LogP contribution in [-0.2, 0) is 9.47 Å². The first-order valence-electron chi connectivity index (χ1n) is 13.9. The molecule has 0 N–H and O–H groups in total. The van der Waals surface area contributed by atoms with Crippen LogP contribution in [0.4, 0.5) is 10.1 Å². The Balaban J connectivity index is 1.39. The van der Waals surface area contributed by atoms with Crippen molar-refractivity contribution >= 4 is 22.7 Å². The third-order valence-corrected chi connectivity index (χ3v) is 8.67. The molecule has 1 saturated carbocycles. The molecule has 0 bridgehead atoms. The second-order valence-corrected chi connectivity index (χ2v) is 10.8. The van der Waals surface area contributed by atoms with Crippen molar-refractivity contribution in [1.29, 1.82) is 0 Å². The number of piperidine rings is 2. The highest BCUT2D eigenvalue weighted by Gasteiger charge is 2.33. The Hall–Kier alpha value is -3.04. The van der Waals surface area contributed by atoms with E-state index in [9.17, 15) is 9.18 Å². The number of fused-ring (bicyclic) bond motifs is 1. The largest absolute Gasteiger partial charge is 0.464 e. The molecule has 202 valence electrons. The number of pyridine rings is 1. The summed E-state index contributed by atoms with van der Waals surface area (Å²) in [5.74, 6) is -0.415. The van der Waals surface area contributed by atoms with Gasteiger partial charge in [0.1, 0.15) is 5.82 Å². The molecule has 1 unspecified atom stereocenters. The second kappa shape index (κ2) is 10.6. The Bertz CT molecular complexity index is 1300. The maximum Gasteiger partial charge on any atom is 0.356 e. The summed E-state index contributed by atoms with van der Waals surface area (Å²) in [6.45, 7) is 3.92. The molecular formula is C29H36FN5O3. The van der Waals surface area contributed by atoms with Crippen LogP contribution in [0.5, 0.6) is 0 Å². The molecule has 8 nitrogen and oxygen atoms in total. The van der Waals surface area contributed by atoms with Gasteiger partial charge in [-0.05, 0) is 75.4 Å². The van der Waals surface area contributed by atoms with Crippen molar-refractivity contribution in [2.24, 2.45) is 0 Å². The van der Waals surface area contributed by atoms with E-state index >= 15 is 0 Å². The molecule has 4 heterocycles. The van der Waals surface area contributed by atoms with Crippen molar-refractivity contribution in [3.8, 4) is 5.69 Å². The van der Waals surface area contributed by atoms with Gasteiger partial charge in [0.25, 0.3) is 0 Å². The number of esters is 1. The number of methoxy groups -OCH3 is 2. The molecule has 3 aliphatic rings. The molecule has 9 heteroatoms. The topological polar surface area (TPSA) is 72.7 Å². The molecule has 2 aliphatic heterocycles. The van der Waals surface area contributed by atoms with E-state index in [-0.39, 0.29) is 11.5 Å². The lowest BCUT2D eigenvalue weighted by molar-refractivity contribution is 0.0102. The fourth-order valence-corrected chi connectivity index (χ4v) is 6.27.